The Bertz CT molecular complexity index is 2880. The molecule has 0 saturated carbocycles. The van der Waals surface area contributed by atoms with Gasteiger partial charge in [-0.25, -0.2) is 18.2 Å². The van der Waals surface area contributed by atoms with E-state index in [-0.39, 0.29) is 42.2 Å². The number of likely N-dealkylation sites (tertiary alicyclic amines) is 1. The maximum absolute atomic E-state index is 15.7. The molecule has 5 aliphatic rings. The molecular formula is C46H45F3N8O7S. The number of piperidine rings is 1. The summed E-state index contributed by atoms with van der Waals surface area (Å²) in [5, 5.41) is 13.6. The maximum atomic E-state index is 15.7. The third-order valence-electron chi connectivity index (χ3n) is 13.3. The van der Waals surface area contributed by atoms with Crippen LogP contribution in [0.1, 0.15) is 63.1 Å². The number of fused-ring (bicyclic) bond motifs is 2. The van der Waals surface area contributed by atoms with Gasteiger partial charge in [0, 0.05) is 104 Å². The summed E-state index contributed by atoms with van der Waals surface area (Å²) in [7, 11) is -4.36. The zero-order chi connectivity index (χ0) is 45.4. The number of nitrogens with zero attached hydrogens (tertiary/aromatic N) is 5. The van der Waals surface area contributed by atoms with E-state index < -0.39 is 69.6 Å². The Morgan fingerprint density at radius 1 is 0.985 bits per heavy atom. The first kappa shape index (κ1) is 42.8. The molecule has 338 valence electrons. The van der Waals surface area contributed by atoms with Crippen LogP contribution in [0.25, 0.3) is 22.2 Å². The molecule has 0 radical (unpaired) electrons. The van der Waals surface area contributed by atoms with Gasteiger partial charge in [-0.1, -0.05) is 24.3 Å². The lowest BCUT2D eigenvalue weighted by molar-refractivity contribution is -0.136. The molecule has 10 rings (SSSR count). The van der Waals surface area contributed by atoms with Crippen LogP contribution < -0.4 is 14.9 Å². The number of ketones is 1. The van der Waals surface area contributed by atoms with Crippen LogP contribution >= 0.6 is 0 Å². The number of hydrogen-bond acceptors (Lipinski definition) is 10. The molecule has 4 N–H and O–H groups in total. The lowest BCUT2D eigenvalue weighted by Gasteiger charge is -2.61. The summed E-state index contributed by atoms with van der Waals surface area (Å²) in [4.78, 5) is 64.1. The summed E-state index contributed by atoms with van der Waals surface area (Å²) >= 11 is 0. The first-order valence-electron chi connectivity index (χ1n) is 21.6. The van der Waals surface area contributed by atoms with Crippen LogP contribution in [0.3, 0.4) is 0 Å². The molecule has 1 unspecified atom stereocenters. The first-order chi connectivity index (χ1) is 31.1. The fourth-order valence-corrected chi connectivity index (χ4v) is 11.2. The van der Waals surface area contributed by atoms with Gasteiger partial charge >= 0.3 is 10.2 Å². The number of alkyl halides is 1. The molecule has 0 bridgehead atoms. The van der Waals surface area contributed by atoms with Gasteiger partial charge in [0.15, 0.2) is 5.82 Å². The van der Waals surface area contributed by atoms with Gasteiger partial charge in [0.1, 0.15) is 23.7 Å². The fourth-order valence-electron chi connectivity index (χ4n) is 9.98. The highest BCUT2D eigenvalue weighted by atomic mass is 32.2. The molecule has 7 heterocycles. The van der Waals surface area contributed by atoms with E-state index in [1.807, 2.05) is 41.1 Å². The zero-order valence-corrected chi connectivity index (χ0v) is 35.8. The number of halogens is 3. The summed E-state index contributed by atoms with van der Waals surface area (Å²) in [5.41, 5.74) is 3.75. The predicted octanol–water partition coefficient (Wildman–Crippen LogP) is 4.32. The summed E-state index contributed by atoms with van der Waals surface area (Å²) in [6.07, 6.45) is 2.78. The van der Waals surface area contributed by atoms with Gasteiger partial charge in [-0.2, -0.15) is 12.7 Å². The molecule has 4 saturated heterocycles. The number of aliphatic hydroxyl groups excluding tert-OH is 1. The summed E-state index contributed by atoms with van der Waals surface area (Å²) in [6.45, 7) is 3.89. The van der Waals surface area contributed by atoms with E-state index in [1.54, 1.807) is 18.3 Å². The lowest BCUT2D eigenvalue weighted by Crippen LogP contribution is -2.72. The van der Waals surface area contributed by atoms with Crippen molar-refractivity contribution < 1.29 is 45.9 Å². The highest BCUT2D eigenvalue weighted by Crippen LogP contribution is 2.42. The Kier molecular flexibility index (Phi) is 10.8. The standard InChI is InChI=1S/C46H45F3N8O7S/c47-30-13-14-56(20-30)65(63,64)53-37-10-9-36(48)40(41(37)49)42(60)35-18-51-43-34(35)16-28(17-50-43)27-3-5-31(6-4-27)55-24-46(25-55)22-54(23-46)21-32(58)7-1-26-2-8-33-29(15-26)19-57(45(33)62)38-11-12-39(59)52-44(38)61/h2-6,8-10,15-18,30,32,38,53,58H,1,7,11-14,19-25H2,(H,50,51)(H,52,59,61)/t30?,32-,38+/m0/s1. The van der Waals surface area contributed by atoms with E-state index in [1.165, 1.54) is 11.1 Å². The number of rotatable bonds is 13. The molecule has 5 aromatic rings. The number of carbonyl (C=O) groups excluding carboxylic acids is 4. The van der Waals surface area contributed by atoms with Gasteiger partial charge in [-0.05, 0) is 78.8 Å². The number of pyridine rings is 1. The number of aliphatic hydroxyl groups is 1. The average Bonchev–Trinajstić information content (AvgIpc) is 3.98. The van der Waals surface area contributed by atoms with Crippen LogP contribution in [0.2, 0.25) is 0 Å². The van der Waals surface area contributed by atoms with Gasteiger partial charge in [0.2, 0.25) is 17.6 Å². The van der Waals surface area contributed by atoms with Gasteiger partial charge in [0.05, 0.1) is 17.4 Å². The van der Waals surface area contributed by atoms with Crippen molar-refractivity contribution >= 4 is 56.1 Å². The number of amides is 3. The monoisotopic (exact) mass is 910 g/mol. The molecule has 0 aliphatic carbocycles. The number of hydrogen-bond donors (Lipinski definition) is 4. The Morgan fingerprint density at radius 3 is 2.51 bits per heavy atom. The Morgan fingerprint density at radius 2 is 1.77 bits per heavy atom. The summed E-state index contributed by atoms with van der Waals surface area (Å²) in [6, 6.07) is 16.3. The second-order valence-electron chi connectivity index (χ2n) is 17.9. The molecule has 3 amide bonds. The van der Waals surface area contributed by atoms with Crippen molar-refractivity contribution in [3.63, 3.8) is 0 Å². The Labute approximate surface area is 371 Å². The van der Waals surface area contributed by atoms with E-state index in [9.17, 15) is 37.1 Å². The van der Waals surface area contributed by atoms with Crippen molar-refractivity contribution in [2.45, 2.75) is 57.0 Å². The van der Waals surface area contributed by atoms with E-state index in [0.29, 0.717) is 54.5 Å². The molecule has 4 fully saturated rings. The van der Waals surface area contributed by atoms with Gasteiger partial charge in [-0.15, -0.1) is 0 Å². The number of β-amino-alcohol motifs (C(OH)–C–C–N with tert-alkyl or cyclic N) is 1. The van der Waals surface area contributed by atoms with E-state index in [2.05, 4.69) is 25.1 Å². The van der Waals surface area contributed by atoms with Crippen LogP contribution in [0, 0.1) is 17.0 Å². The highest BCUT2D eigenvalue weighted by molar-refractivity contribution is 7.90. The minimum Gasteiger partial charge on any atom is -0.392 e. The Balaban J connectivity index is 0.720. The molecule has 15 nitrogen and oxygen atoms in total. The van der Waals surface area contributed by atoms with E-state index in [4.69, 9.17) is 0 Å². The molecule has 3 aromatic carbocycles. The number of aromatic amines is 1. The quantitative estimate of drug-likeness (QED) is 0.0980. The number of aryl methyl sites for hydroxylation is 1. The number of H-pyrrole nitrogens is 1. The average molecular weight is 911 g/mol. The summed E-state index contributed by atoms with van der Waals surface area (Å²) < 4.78 is 73.0. The molecule has 1 spiro atoms. The van der Waals surface area contributed by atoms with Crippen LogP contribution in [0.5, 0.6) is 0 Å². The van der Waals surface area contributed by atoms with Crippen molar-refractivity contribution in [3.8, 4) is 11.1 Å². The normalized spacial score (nSPS) is 21.4. The second kappa shape index (κ2) is 16.4. The molecule has 5 aliphatic heterocycles. The smallest absolute Gasteiger partial charge is 0.301 e. The Hall–Kier alpha value is -6.15. The number of benzene rings is 3. The van der Waals surface area contributed by atoms with Gasteiger partial charge in [0.25, 0.3) is 5.91 Å². The number of imide groups is 1. The minimum absolute atomic E-state index is 0.00233. The third kappa shape index (κ3) is 8.04. The topological polar surface area (TPSA) is 188 Å². The van der Waals surface area contributed by atoms with Crippen molar-refractivity contribution in [1.29, 1.82) is 0 Å². The molecule has 19 heteroatoms. The lowest BCUT2D eigenvalue weighted by atomic mass is 9.72. The van der Waals surface area contributed by atoms with Crippen LogP contribution in [0.4, 0.5) is 24.5 Å². The van der Waals surface area contributed by atoms with Crippen LogP contribution in [0.15, 0.2) is 73.1 Å². The summed E-state index contributed by atoms with van der Waals surface area (Å²) in [5.74, 6) is -4.55. The number of anilines is 2. The minimum atomic E-state index is -4.36. The molecule has 3 atom stereocenters. The number of carbonyl (C=O) groups is 4. The zero-order valence-electron chi connectivity index (χ0n) is 35.0. The van der Waals surface area contributed by atoms with Crippen molar-refractivity contribution in [2.75, 3.05) is 55.4 Å². The first-order valence-corrected chi connectivity index (χ1v) is 23.0. The van der Waals surface area contributed by atoms with Crippen molar-refractivity contribution in [2.24, 2.45) is 5.41 Å². The highest BCUT2D eigenvalue weighted by Gasteiger charge is 2.51. The maximum Gasteiger partial charge on any atom is 0.301 e. The number of aromatic nitrogens is 2. The van der Waals surface area contributed by atoms with E-state index in [0.717, 1.165) is 65.0 Å². The SMILES string of the molecule is O=C1CC[C@@H](N2Cc3cc(CC[C@H](O)CN4CC5(C4)CN(c4ccc(-c6cnc7[nH]cc(C(=O)c8c(F)ccc(NS(=O)(=O)N9CCC(F)C9)c8F)c7c6)cc4)C5)ccc3C2=O)C(=O)N1. The largest absolute Gasteiger partial charge is 0.392 e. The van der Waals surface area contributed by atoms with Crippen LogP contribution in [-0.4, -0.2) is 125 Å². The molecule has 65 heavy (non-hydrogen) atoms. The number of nitrogens with one attached hydrogen (secondary N) is 3. The third-order valence-corrected chi connectivity index (χ3v) is 14.8. The second-order valence-corrected chi connectivity index (χ2v) is 19.6. The van der Waals surface area contributed by atoms with Gasteiger partial charge in [-0.3, -0.25) is 34.1 Å². The van der Waals surface area contributed by atoms with E-state index >= 15 is 8.78 Å². The predicted molar refractivity (Wildman–Crippen MR) is 233 cm³/mol. The van der Waals surface area contributed by atoms with Crippen molar-refractivity contribution in [1.82, 2.24) is 29.4 Å². The fraction of sp³-hybridized carbons (Fsp3) is 0.370. The van der Waals surface area contributed by atoms with Crippen molar-refractivity contribution in [3.05, 3.63) is 113 Å². The van der Waals surface area contributed by atoms with Gasteiger partial charge < -0.3 is 19.9 Å². The molecular weight excluding hydrogens is 866 g/mol. The molecule has 2 aromatic heterocycles. The van der Waals surface area contributed by atoms with Crippen LogP contribution in [-0.2, 0) is 32.8 Å².